The van der Waals surface area contributed by atoms with Crippen molar-refractivity contribution in [1.82, 2.24) is 9.80 Å². The summed E-state index contributed by atoms with van der Waals surface area (Å²) in [5, 5.41) is 0. The summed E-state index contributed by atoms with van der Waals surface area (Å²) in [5.41, 5.74) is 0. The van der Waals surface area contributed by atoms with Gasteiger partial charge in [0.1, 0.15) is 0 Å². The number of likely N-dealkylation sites (tertiary alicyclic amines) is 2. The average molecular weight is 439 g/mol. The van der Waals surface area contributed by atoms with E-state index in [1.807, 2.05) is 6.92 Å². The Morgan fingerprint density at radius 3 is 1.84 bits per heavy atom. The SMILES string of the molecule is CCCC(=O)OCCCCOC(=O)CCN1CCC(CCCC2CCN(C)CC2)CC1. The summed E-state index contributed by atoms with van der Waals surface area (Å²) in [5.74, 6) is 1.59. The van der Waals surface area contributed by atoms with Gasteiger partial charge in [0.15, 0.2) is 0 Å². The van der Waals surface area contributed by atoms with E-state index in [2.05, 4.69) is 16.8 Å². The minimum atomic E-state index is -0.138. The van der Waals surface area contributed by atoms with Crippen LogP contribution in [-0.2, 0) is 19.1 Å². The Hall–Kier alpha value is -1.14. The van der Waals surface area contributed by atoms with Crippen LogP contribution in [0.15, 0.2) is 0 Å². The van der Waals surface area contributed by atoms with E-state index in [0.717, 1.165) is 50.7 Å². The molecule has 2 heterocycles. The molecule has 2 aliphatic heterocycles. The number of nitrogens with zero attached hydrogens (tertiary/aromatic N) is 2. The first-order valence-electron chi connectivity index (χ1n) is 12.8. The summed E-state index contributed by atoms with van der Waals surface area (Å²) in [6, 6.07) is 0. The van der Waals surface area contributed by atoms with Crippen molar-refractivity contribution in [2.75, 3.05) is 53.0 Å². The Kier molecular flexibility index (Phi) is 13.2. The first kappa shape index (κ1) is 26.1. The van der Waals surface area contributed by atoms with Gasteiger partial charge in [0, 0.05) is 13.0 Å². The van der Waals surface area contributed by atoms with Crippen LogP contribution in [0, 0.1) is 11.8 Å². The molecule has 0 saturated carbocycles. The second-order valence-corrected chi connectivity index (χ2v) is 9.61. The van der Waals surface area contributed by atoms with Crippen LogP contribution in [0.3, 0.4) is 0 Å². The van der Waals surface area contributed by atoms with Gasteiger partial charge in [-0.1, -0.05) is 26.2 Å². The topological polar surface area (TPSA) is 59.1 Å². The van der Waals surface area contributed by atoms with E-state index < -0.39 is 0 Å². The summed E-state index contributed by atoms with van der Waals surface area (Å²) in [4.78, 5) is 28.1. The van der Waals surface area contributed by atoms with Gasteiger partial charge in [-0.3, -0.25) is 9.59 Å². The van der Waals surface area contributed by atoms with Crippen LogP contribution < -0.4 is 0 Å². The first-order chi connectivity index (χ1) is 15.1. The molecule has 0 N–H and O–H groups in total. The highest BCUT2D eigenvalue weighted by Crippen LogP contribution is 2.27. The molecule has 0 unspecified atom stereocenters. The molecule has 0 aromatic rings. The molecule has 0 aromatic heterocycles. The summed E-state index contributed by atoms with van der Waals surface area (Å²) in [6.07, 6.45) is 12.8. The molecule has 0 atom stereocenters. The average Bonchev–Trinajstić information content (AvgIpc) is 2.77. The molecule has 0 aromatic carbocycles. The molecule has 6 nitrogen and oxygen atoms in total. The van der Waals surface area contributed by atoms with E-state index >= 15 is 0 Å². The normalized spacial score (nSPS) is 19.4. The second-order valence-electron chi connectivity index (χ2n) is 9.61. The predicted octanol–water partition coefficient (Wildman–Crippen LogP) is 4.27. The number of hydrogen-bond donors (Lipinski definition) is 0. The molecular weight excluding hydrogens is 392 g/mol. The zero-order chi connectivity index (χ0) is 22.3. The zero-order valence-corrected chi connectivity index (χ0v) is 20.1. The van der Waals surface area contributed by atoms with Crippen LogP contribution in [-0.4, -0.2) is 74.7 Å². The minimum Gasteiger partial charge on any atom is -0.466 e. The number of rotatable bonds is 14. The molecule has 0 bridgehead atoms. The largest absolute Gasteiger partial charge is 0.466 e. The second kappa shape index (κ2) is 15.6. The maximum atomic E-state index is 12.0. The van der Waals surface area contributed by atoms with Gasteiger partial charge >= 0.3 is 11.9 Å². The molecule has 180 valence electrons. The Bertz CT molecular complexity index is 498. The lowest BCUT2D eigenvalue weighted by Gasteiger charge is -2.32. The van der Waals surface area contributed by atoms with Gasteiger partial charge in [-0.2, -0.15) is 0 Å². The van der Waals surface area contributed by atoms with Gasteiger partial charge < -0.3 is 19.3 Å². The number of carbonyl (C=O) groups is 2. The molecule has 2 saturated heterocycles. The number of piperidine rings is 2. The summed E-state index contributed by atoms with van der Waals surface area (Å²) < 4.78 is 10.4. The van der Waals surface area contributed by atoms with Crippen molar-refractivity contribution in [3.05, 3.63) is 0 Å². The number of esters is 2. The number of hydrogen-bond acceptors (Lipinski definition) is 6. The summed E-state index contributed by atoms with van der Waals surface area (Å²) in [6.45, 7) is 8.41. The molecule has 0 radical (unpaired) electrons. The third-order valence-electron chi connectivity index (χ3n) is 6.92. The van der Waals surface area contributed by atoms with Crippen LogP contribution in [0.25, 0.3) is 0 Å². The fraction of sp³-hybridized carbons (Fsp3) is 0.920. The Morgan fingerprint density at radius 1 is 0.774 bits per heavy atom. The molecule has 2 fully saturated rings. The number of carbonyl (C=O) groups excluding carboxylic acids is 2. The molecule has 0 amide bonds. The van der Waals surface area contributed by atoms with Gasteiger partial charge in [0.2, 0.25) is 0 Å². The molecule has 0 spiro atoms. The van der Waals surface area contributed by atoms with E-state index in [9.17, 15) is 9.59 Å². The van der Waals surface area contributed by atoms with Crippen molar-refractivity contribution in [2.45, 2.75) is 84.0 Å². The smallest absolute Gasteiger partial charge is 0.307 e. The Balaban J connectivity index is 1.41. The Morgan fingerprint density at radius 2 is 1.29 bits per heavy atom. The number of ether oxygens (including phenoxy) is 2. The van der Waals surface area contributed by atoms with Crippen LogP contribution in [0.4, 0.5) is 0 Å². The van der Waals surface area contributed by atoms with Crippen molar-refractivity contribution in [3.63, 3.8) is 0 Å². The third kappa shape index (κ3) is 11.9. The van der Waals surface area contributed by atoms with Crippen LogP contribution in [0.1, 0.15) is 84.0 Å². The fourth-order valence-electron chi connectivity index (χ4n) is 4.72. The van der Waals surface area contributed by atoms with Crippen LogP contribution in [0.5, 0.6) is 0 Å². The van der Waals surface area contributed by atoms with Crippen molar-refractivity contribution in [1.29, 1.82) is 0 Å². The fourth-order valence-corrected chi connectivity index (χ4v) is 4.72. The highest BCUT2D eigenvalue weighted by molar-refractivity contribution is 5.69. The van der Waals surface area contributed by atoms with E-state index in [4.69, 9.17) is 9.47 Å². The van der Waals surface area contributed by atoms with E-state index in [1.54, 1.807) is 0 Å². The molecule has 2 rings (SSSR count). The van der Waals surface area contributed by atoms with Crippen molar-refractivity contribution in [3.8, 4) is 0 Å². The van der Waals surface area contributed by atoms with Gasteiger partial charge in [-0.15, -0.1) is 0 Å². The lowest BCUT2D eigenvalue weighted by atomic mass is 9.87. The maximum Gasteiger partial charge on any atom is 0.307 e. The highest BCUT2D eigenvalue weighted by Gasteiger charge is 2.21. The van der Waals surface area contributed by atoms with Crippen LogP contribution >= 0.6 is 0 Å². The quantitative estimate of drug-likeness (QED) is 0.298. The number of unbranched alkanes of at least 4 members (excludes halogenated alkanes) is 1. The van der Waals surface area contributed by atoms with E-state index in [1.165, 1.54) is 58.0 Å². The van der Waals surface area contributed by atoms with E-state index in [-0.39, 0.29) is 11.9 Å². The van der Waals surface area contributed by atoms with Gasteiger partial charge in [0.05, 0.1) is 19.6 Å². The highest BCUT2D eigenvalue weighted by atomic mass is 16.5. The molecular formula is C25H46N2O4. The van der Waals surface area contributed by atoms with Crippen LogP contribution in [0.2, 0.25) is 0 Å². The lowest BCUT2D eigenvalue weighted by Crippen LogP contribution is -2.35. The predicted molar refractivity (Wildman–Crippen MR) is 124 cm³/mol. The molecule has 31 heavy (non-hydrogen) atoms. The first-order valence-corrected chi connectivity index (χ1v) is 12.8. The van der Waals surface area contributed by atoms with Gasteiger partial charge in [0.25, 0.3) is 0 Å². The molecule has 2 aliphatic rings. The van der Waals surface area contributed by atoms with E-state index in [0.29, 0.717) is 26.1 Å². The summed E-state index contributed by atoms with van der Waals surface area (Å²) >= 11 is 0. The zero-order valence-electron chi connectivity index (χ0n) is 20.1. The monoisotopic (exact) mass is 438 g/mol. The third-order valence-corrected chi connectivity index (χ3v) is 6.92. The van der Waals surface area contributed by atoms with Gasteiger partial charge in [-0.25, -0.2) is 0 Å². The minimum absolute atomic E-state index is 0.108. The maximum absolute atomic E-state index is 12.0. The van der Waals surface area contributed by atoms with Gasteiger partial charge in [-0.05, 0) is 90.0 Å². The van der Waals surface area contributed by atoms with Crippen molar-refractivity contribution >= 4 is 11.9 Å². The standard InChI is InChI=1S/C25H46N2O4/c1-3-7-24(28)30-20-4-5-21-31-25(29)14-19-27-17-12-23(13-18-27)9-6-8-22-10-15-26(2)16-11-22/h22-23H,3-21H2,1-2H3. The molecule has 0 aliphatic carbocycles. The molecule has 6 heteroatoms. The van der Waals surface area contributed by atoms with Crippen molar-refractivity contribution in [2.24, 2.45) is 11.8 Å². The summed E-state index contributed by atoms with van der Waals surface area (Å²) in [7, 11) is 2.24. The Labute approximate surface area is 190 Å². The lowest BCUT2D eigenvalue weighted by molar-refractivity contribution is -0.146. The van der Waals surface area contributed by atoms with Crippen molar-refractivity contribution < 1.29 is 19.1 Å².